The van der Waals surface area contributed by atoms with Gasteiger partial charge < -0.3 is 4.90 Å². The van der Waals surface area contributed by atoms with Crippen molar-refractivity contribution < 1.29 is 9.18 Å². The first-order valence-corrected chi connectivity index (χ1v) is 10.3. The molecule has 1 atom stereocenters. The monoisotopic (exact) mass is 415 g/mol. The molecular weight excluding hydrogens is 397 g/mol. The summed E-state index contributed by atoms with van der Waals surface area (Å²) in [5.41, 5.74) is 3.41. The summed E-state index contributed by atoms with van der Waals surface area (Å²) in [6.45, 7) is 0.450. The molecule has 4 heteroatoms. The van der Waals surface area contributed by atoms with Crippen LogP contribution >= 0.6 is 11.6 Å². The topological polar surface area (TPSA) is 20.3 Å². The summed E-state index contributed by atoms with van der Waals surface area (Å²) in [4.78, 5) is 15.0. The smallest absolute Gasteiger partial charge is 0.228 e. The summed E-state index contributed by atoms with van der Waals surface area (Å²) in [7, 11) is 0. The zero-order valence-electron chi connectivity index (χ0n) is 16.2. The van der Waals surface area contributed by atoms with Gasteiger partial charge in [-0.3, -0.25) is 4.79 Å². The number of rotatable bonds is 3. The van der Waals surface area contributed by atoms with Gasteiger partial charge in [0.1, 0.15) is 5.82 Å². The van der Waals surface area contributed by atoms with Crippen LogP contribution in [0, 0.1) is 5.82 Å². The minimum atomic E-state index is -0.318. The van der Waals surface area contributed by atoms with Crippen LogP contribution in [0.2, 0.25) is 5.02 Å². The Balaban J connectivity index is 1.69. The number of benzene rings is 4. The molecule has 148 valence electrons. The fourth-order valence-electron chi connectivity index (χ4n) is 4.38. The molecule has 2 nitrogen and oxygen atoms in total. The van der Waals surface area contributed by atoms with E-state index in [4.69, 9.17) is 11.6 Å². The molecule has 0 N–H and O–H groups in total. The quantitative estimate of drug-likeness (QED) is 0.364. The number of carbonyl (C=O) groups is 1. The van der Waals surface area contributed by atoms with E-state index < -0.39 is 0 Å². The molecule has 5 rings (SSSR count). The Morgan fingerprint density at radius 2 is 1.63 bits per heavy atom. The molecule has 0 aliphatic carbocycles. The van der Waals surface area contributed by atoms with Crippen molar-refractivity contribution in [2.75, 3.05) is 4.90 Å². The Bertz CT molecular complexity index is 1250. The van der Waals surface area contributed by atoms with Crippen LogP contribution in [0.4, 0.5) is 10.1 Å². The molecule has 4 aromatic rings. The first-order valence-electron chi connectivity index (χ1n) is 9.92. The lowest BCUT2D eigenvalue weighted by molar-refractivity contribution is -0.119. The van der Waals surface area contributed by atoms with E-state index in [0.717, 1.165) is 27.6 Å². The van der Waals surface area contributed by atoms with Gasteiger partial charge in [-0.25, -0.2) is 4.39 Å². The van der Waals surface area contributed by atoms with Gasteiger partial charge in [-0.15, -0.1) is 0 Å². The van der Waals surface area contributed by atoms with Gasteiger partial charge in [0.15, 0.2) is 0 Å². The van der Waals surface area contributed by atoms with Crippen LogP contribution in [0.3, 0.4) is 0 Å². The fraction of sp³-hybridized carbons (Fsp3) is 0.115. The van der Waals surface area contributed by atoms with Gasteiger partial charge in [0.05, 0.1) is 6.54 Å². The average Bonchev–Trinajstić information content (AvgIpc) is 2.77. The highest BCUT2D eigenvalue weighted by molar-refractivity contribution is 6.30. The standard InChI is InChI=1S/C26H19ClFNO/c27-19-12-9-17(10-13-19)16-29-24-14-11-18-5-1-2-6-20(18)26(24)22(15-25(29)30)21-7-3-4-8-23(21)28/h1-14,22H,15-16H2. The summed E-state index contributed by atoms with van der Waals surface area (Å²) in [6, 6.07) is 26.4. The second-order valence-electron chi connectivity index (χ2n) is 7.60. The molecular formula is C26H19ClFNO. The number of amides is 1. The fourth-order valence-corrected chi connectivity index (χ4v) is 4.50. The lowest BCUT2D eigenvalue weighted by Gasteiger charge is -2.35. The predicted octanol–water partition coefficient (Wildman–Crippen LogP) is 6.70. The van der Waals surface area contributed by atoms with E-state index in [-0.39, 0.29) is 24.1 Å². The van der Waals surface area contributed by atoms with Gasteiger partial charge in [-0.1, -0.05) is 72.3 Å². The maximum Gasteiger partial charge on any atom is 0.228 e. The van der Waals surface area contributed by atoms with E-state index in [0.29, 0.717) is 17.1 Å². The largest absolute Gasteiger partial charge is 0.308 e. The molecule has 1 aliphatic rings. The number of carbonyl (C=O) groups excluding carboxylic acids is 1. The second kappa shape index (κ2) is 7.58. The minimum absolute atomic E-state index is 0.0130. The van der Waals surface area contributed by atoms with Gasteiger partial charge in [0.2, 0.25) is 5.91 Å². The first kappa shape index (κ1) is 18.8. The van der Waals surface area contributed by atoms with Crippen molar-refractivity contribution in [3.63, 3.8) is 0 Å². The Labute approximate surface area is 179 Å². The Kier molecular flexibility index (Phi) is 4.76. The van der Waals surface area contributed by atoms with E-state index in [9.17, 15) is 9.18 Å². The normalized spacial score (nSPS) is 16.0. The van der Waals surface area contributed by atoms with Crippen molar-refractivity contribution in [3.05, 3.63) is 112 Å². The minimum Gasteiger partial charge on any atom is -0.308 e. The maximum atomic E-state index is 14.7. The Morgan fingerprint density at radius 1 is 0.900 bits per heavy atom. The molecule has 1 heterocycles. The molecule has 0 spiro atoms. The van der Waals surface area contributed by atoms with Crippen LogP contribution in [0.15, 0.2) is 84.9 Å². The van der Waals surface area contributed by atoms with Crippen molar-refractivity contribution in [2.45, 2.75) is 18.9 Å². The van der Waals surface area contributed by atoms with Gasteiger partial charge >= 0.3 is 0 Å². The molecule has 1 aliphatic heterocycles. The van der Waals surface area contributed by atoms with E-state index in [1.807, 2.05) is 65.6 Å². The average molecular weight is 416 g/mol. The van der Waals surface area contributed by atoms with Gasteiger partial charge in [0.25, 0.3) is 0 Å². The molecule has 4 aromatic carbocycles. The van der Waals surface area contributed by atoms with Gasteiger partial charge in [-0.05, 0) is 51.7 Å². The molecule has 0 bridgehead atoms. The molecule has 30 heavy (non-hydrogen) atoms. The third kappa shape index (κ3) is 3.25. The predicted molar refractivity (Wildman–Crippen MR) is 119 cm³/mol. The molecule has 1 unspecified atom stereocenters. The number of halogens is 2. The van der Waals surface area contributed by atoms with Crippen LogP contribution in [0.25, 0.3) is 10.8 Å². The number of hydrogen-bond acceptors (Lipinski definition) is 1. The van der Waals surface area contributed by atoms with Gasteiger partial charge in [-0.2, -0.15) is 0 Å². The second-order valence-corrected chi connectivity index (χ2v) is 8.04. The number of nitrogens with zero attached hydrogens (tertiary/aromatic N) is 1. The van der Waals surface area contributed by atoms with Crippen LogP contribution in [0.1, 0.15) is 29.0 Å². The van der Waals surface area contributed by atoms with Crippen molar-refractivity contribution in [3.8, 4) is 0 Å². The summed E-state index contributed by atoms with van der Waals surface area (Å²) in [5, 5.41) is 2.80. The summed E-state index contributed by atoms with van der Waals surface area (Å²) < 4.78 is 14.7. The lowest BCUT2D eigenvalue weighted by Crippen LogP contribution is -2.36. The molecule has 0 saturated carbocycles. The van der Waals surface area contributed by atoms with Gasteiger partial charge in [0, 0.05) is 23.0 Å². The number of anilines is 1. The highest BCUT2D eigenvalue weighted by atomic mass is 35.5. The number of hydrogen-bond donors (Lipinski definition) is 0. The Hall–Kier alpha value is -3.17. The summed E-state index contributed by atoms with van der Waals surface area (Å²) >= 11 is 6.02. The zero-order chi connectivity index (χ0) is 20.7. The molecule has 0 fully saturated rings. The SMILES string of the molecule is O=C1CC(c2ccccc2F)c2c(ccc3ccccc23)N1Cc1ccc(Cl)cc1. The number of fused-ring (bicyclic) bond motifs is 3. The third-order valence-corrected chi connectivity index (χ3v) is 6.05. The van der Waals surface area contributed by atoms with Crippen molar-refractivity contribution in [1.29, 1.82) is 0 Å². The van der Waals surface area contributed by atoms with Crippen LogP contribution in [0.5, 0.6) is 0 Å². The van der Waals surface area contributed by atoms with Crippen molar-refractivity contribution in [2.24, 2.45) is 0 Å². The molecule has 0 aromatic heterocycles. The van der Waals surface area contributed by atoms with E-state index >= 15 is 0 Å². The third-order valence-electron chi connectivity index (χ3n) is 5.80. The van der Waals surface area contributed by atoms with Crippen LogP contribution in [-0.4, -0.2) is 5.91 Å². The summed E-state index contributed by atoms with van der Waals surface area (Å²) in [5.74, 6) is -0.609. The van der Waals surface area contributed by atoms with E-state index in [2.05, 4.69) is 6.07 Å². The molecule has 0 radical (unpaired) electrons. The van der Waals surface area contributed by atoms with Crippen molar-refractivity contribution >= 4 is 34.0 Å². The van der Waals surface area contributed by atoms with Crippen LogP contribution < -0.4 is 4.90 Å². The van der Waals surface area contributed by atoms with Crippen molar-refractivity contribution in [1.82, 2.24) is 0 Å². The Morgan fingerprint density at radius 3 is 2.43 bits per heavy atom. The molecule has 1 amide bonds. The first-order chi connectivity index (χ1) is 14.6. The highest BCUT2D eigenvalue weighted by Gasteiger charge is 2.34. The summed E-state index contributed by atoms with van der Waals surface area (Å²) in [6.07, 6.45) is 0.232. The van der Waals surface area contributed by atoms with Crippen LogP contribution in [-0.2, 0) is 11.3 Å². The molecule has 0 saturated heterocycles. The zero-order valence-corrected chi connectivity index (χ0v) is 16.9. The highest BCUT2D eigenvalue weighted by Crippen LogP contribution is 2.45. The van der Waals surface area contributed by atoms with E-state index in [1.165, 1.54) is 6.07 Å². The van der Waals surface area contributed by atoms with E-state index in [1.54, 1.807) is 12.1 Å². The lowest BCUT2D eigenvalue weighted by atomic mass is 9.81. The maximum absolute atomic E-state index is 14.7.